The molecule has 140 valence electrons. The van der Waals surface area contributed by atoms with Gasteiger partial charge in [-0.15, -0.1) is 0 Å². The minimum absolute atomic E-state index is 0.0942. The Morgan fingerprint density at radius 3 is 2.35 bits per heavy atom. The number of benzene rings is 2. The van der Waals surface area contributed by atoms with Crippen LogP contribution in [0.15, 0.2) is 53.4 Å². The van der Waals surface area contributed by atoms with Gasteiger partial charge in [0, 0.05) is 23.7 Å². The molecule has 0 aliphatic carbocycles. The molecule has 0 aliphatic heterocycles. The molecule has 2 aromatic carbocycles. The fourth-order valence-corrected chi connectivity index (χ4v) is 3.99. The van der Waals surface area contributed by atoms with Crippen LogP contribution in [0.5, 0.6) is 0 Å². The van der Waals surface area contributed by atoms with Gasteiger partial charge >= 0.3 is 0 Å². The Balaban J connectivity index is 2.23. The molecule has 0 aromatic heterocycles. The molecule has 1 atom stereocenters. The van der Waals surface area contributed by atoms with Crippen molar-refractivity contribution >= 4 is 27.5 Å². The van der Waals surface area contributed by atoms with Crippen LogP contribution in [0.1, 0.15) is 42.7 Å². The molecular weight excluding hydrogens is 372 g/mol. The quantitative estimate of drug-likeness (QED) is 0.808. The third-order valence-corrected chi connectivity index (χ3v) is 6.46. The second kappa shape index (κ2) is 8.20. The van der Waals surface area contributed by atoms with Crippen LogP contribution in [-0.2, 0) is 10.0 Å². The molecule has 0 fully saturated rings. The fraction of sp³-hybridized carbons (Fsp3) is 0.316. The largest absolute Gasteiger partial charge is 0.346 e. The summed E-state index contributed by atoms with van der Waals surface area (Å²) in [4.78, 5) is 12.6. The normalized spacial score (nSPS) is 13.0. The zero-order valence-corrected chi connectivity index (χ0v) is 16.8. The number of rotatable bonds is 6. The molecule has 5 nitrogen and oxygen atoms in total. The van der Waals surface area contributed by atoms with Crippen molar-refractivity contribution in [3.63, 3.8) is 0 Å². The molecule has 0 bridgehead atoms. The summed E-state index contributed by atoms with van der Waals surface area (Å²) in [5.41, 5.74) is 1.16. The lowest BCUT2D eigenvalue weighted by molar-refractivity contribution is 0.0939. The first-order valence-corrected chi connectivity index (χ1v) is 10.1. The highest BCUT2D eigenvalue weighted by Gasteiger charge is 2.24. The first-order chi connectivity index (χ1) is 12.1. The lowest BCUT2D eigenvalue weighted by atomic mass is 10.1. The summed E-state index contributed by atoms with van der Waals surface area (Å²) in [5, 5.41) is 3.46. The van der Waals surface area contributed by atoms with Crippen molar-refractivity contribution in [2.45, 2.75) is 37.8 Å². The monoisotopic (exact) mass is 394 g/mol. The lowest BCUT2D eigenvalue weighted by Crippen LogP contribution is -2.33. The Kier molecular flexibility index (Phi) is 6.44. The topological polar surface area (TPSA) is 66.5 Å². The second-order valence-electron chi connectivity index (χ2n) is 6.39. The highest BCUT2D eigenvalue weighted by molar-refractivity contribution is 7.89. The van der Waals surface area contributed by atoms with E-state index in [1.807, 2.05) is 19.1 Å². The Labute approximate surface area is 160 Å². The van der Waals surface area contributed by atoms with Crippen LogP contribution in [0.4, 0.5) is 0 Å². The van der Waals surface area contributed by atoms with Gasteiger partial charge in [0.05, 0.1) is 10.9 Å². The van der Waals surface area contributed by atoms with E-state index in [-0.39, 0.29) is 28.4 Å². The molecule has 0 spiro atoms. The minimum atomic E-state index is -3.64. The maximum Gasteiger partial charge on any atom is 0.251 e. The lowest BCUT2D eigenvalue weighted by Gasteiger charge is -2.21. The maximum atomic E-state index is 12.6. The molecule has 2 rings (SSSR count). The maximum absolute atomic E-state index is 12.6. The van der Waals surface area contributed by atoms with Crippen molar-refractivity contribution in [2.24, 2.45) is 0 Å². The van der Waals surface area contributed by atoms with Crippen LogP contribution in [0.25, 0.3) is 0 Å². The van der Waals surface area contributed by atoms with Crippen LogP contribution < -0.4 is 5.32 Å². The van der Waals surface area contributed by atoms with Gasteiger partial charge in [-0.1, -0.05) is 29.8 Å². The summed E-state index contributed by atoms with van der Waals surface area (Å²) >= 11 is 5.98. The van der Waals surface area contributed by atoms with Crippen LogP contribution >= 0.6 is 11.6 Å². The highest BCUT2D eigenvalue weighted by atomic mass is 35.5. The molecule has 7 heteroatoms. The summed E-state index contributed by atoms with van der Waals surface area (Å²) in [6.45, 7) is 5.43. The van der Waals surface area contributed by atoms with Gasteiger partial charge < -0.3 is 5.32 Å². The summed E-state index contributed by atoms with van der Waals surface area (Å²) in [7, 11) is -2.12. The van der Waals surface area contributed by atoms with E-state index in [1.165, 1.54) is 23.5 Å². The smallest absolute Gasteiger partial charge is 0.251 e. The van der Waals surface area contributed by atoms with Crippen molar-refractivity contribution in [2.75, 3.05) is 7.05 Å². The van der Waals surface area contributed by atoms with Gasteiger partial charge in [-0.05, 0) is 56.7 Å². The standard InChI is InChI=1S/C19H23ClN2O3S/c1-13(2)22(4)26(24,25)18-10-6-8-16(12-18)19(23)21-14(3)15-7-5-9-17(20)11-15/h5-14H,1-4H3,(H,21,23). The Bertz CT molecular complexity index is 897. The van der Waals surface area contributed by atoms with E-state index in [2.05, 4.69) is 5.32 Å². The first-order valence-electron chi connectivity index (χ1n) is 8.27. The zero-order valence-electron chi connectivity index (χ0n) is 15.2. The molecule has 1 amide bonds. The Hall–Kier alpha value is -1.89. The van der Waals surface area contributed by atoms with Crippen LogP contribution in [0, 0.1) is 0 Å². The molecule has 1 unspecified atom stereocenters. The number of carbonyl (C=O) groups excluding carboxylic acids is 1. The van der Waals surface area contributed by atoms with Gasteiger partial charge in [-0.3, -0.25) is 4.79 Å². The molecule has 26 heavy (non-hydrogen) atoms. The summed E-state index contributed by atoms with van der Waals surface area (Å²) in [6.07, 6.45) is 0. The number of nitrogens with zero attached hydrogens (tertiary/aromatic N) is 1. The van der Waals surface area contributed by atoms with Gasteiger partial charge in [0.2, 0.25) is 10.0 Å². The minimum Gasteiger partial charge on any atom is -0.346 e. The zero-order chi connectivity index (χ0) is 19.5. The average molecular weight is 395 g/mol. The van der Waals surface area contributed by atoms with Gasteiger partial charge in [0.25, 0.3) is 5.91 Å². The van der Waals surface area contributed by atoms with E-state index in [0.717, 1.165) is 5.56 Å². The van der Waals surface area contributed by atoms with E-state index in [4.69, 9.17) is 11.6 Å². The number of amides is 1. The number of nitrogens with one attached hydrogen (secondary N) is 1. The molecule has 0 saturated carbocycles. The number of hydrogen-bond acceptors (Lipinski definition) is 3. The number of carbonyl (C=O) groups is 1. The molecule has 2 aromatic rings. The second-order valence-corrected chi connectivity index (χ2v) is 8.83. The van der Waals surface area contributed by atoms with E-state index in [9.17, 15) is 13.2 Å². The SMILES string of the molecule is CC(NC(=O)c1cccc(S(=O)(=O)N(C)C(C)C)c1)c1cccc(Cl)c1. The molecule has 0 aliphatic rings. The van der Waals surface area contributed by atoms with Gasteiger partial charge in [-0.2, -0.15) is 4.31 Å². The predicted molar refractivity (Wildman–Crippen MR) is 104 cm³/mol. The van der Waals surface area contributed by atoms with E-state index in [1.54, 1.807) is 38.1 Å². The van der Waals surface area contributed by atoms with Crippen molar-refractivity contribution < 1.29 is 13.2 Å². The molecular formula is C19H23ClN2O3S. The summed E-state index contributed by atoms with van der Waals surface area (Å²) in [5.74, 6) is -0.346. The van der Waals surface area contributed by atoms with Crippen LogP contribution in [0.3, 0.4) is 0 Å². The average Bonchev–Trinajstić information content (AvgIpc) is 2.60. The molecule has 1 N–H and O–H groups in total. The van der Waals surface area contributed by atoms with Gasteiger partial charge in [0.1, 0.15) is 0 Å². The summed E-state index contributed by atoms with van der Waals surface area (Å²) in [6, 6.07) is 12.8. The molecule has 0 heterocycles. The van der Waals surface area contributed by atoms with Crippen LogP contribution in [0.2, 0.25) is 5.02 Å². The molecule has 0 radical (unpaired) electrons. The van der Waals surface area contributed by atoms with Gasteiger partial charge in [0.15, 0.2) is 0 Å². The molecule has 0 saturated heterocycles. The van der Waals surface area contributed by atoms with Crippen LogP contribution in [-0.4, -0.2) is 31.7 Å². The first kappa shape index (κ1) is 20.4. The number of halogens is 1. The summed E-state index contributed by atoms with van der Waals surface area (Å²) < 4.78 is 26.5. The van der Waals surface area contributed by atoms with Crippen molar-refractivity contribution in [3.8, 4) is 0 Å². The van der Waals surface area contributed by atoms with Crippen molar-refractivity contribution in [3.05, 3.63) is 64.7 Å². The van der Waals surface area contributed by atoms with Crippen molar-refractivity contribution in [1.82, 2.24) is 9.62 Å². The fourth-order valence-electron chi connectivity index (χ4n) is 2.38. The third kappa shape index (κ3) is 4.63. The predicted octanol–water partition coefficient (Wildman–Crippen LogP) is 3.86. The van der Waals surface area contributed by atoms with E-state index in [0.29, 0.717) is 5.02 Å². The number of hydrogen-bond donors (Lipinski definition) is 1. The third-order valence-electron chi connectivity index (χ3n) is 4.20. The van der Waals surface area contributed by atoms with E-state index >= 15 is 0 Å². The van der Waals surface area contributed by atoms with Gasteiger partial charge in [-0.25, -0.2) is 8.42 Å². The number of sulfonamides is 1. The Morgan fingerprint density at radius 2 is 1.73 bits per heavy atom. The van der Waals surface area contributed by atoms with E-state index < -0.39 is 10.0 Å². The van der Waals surface area contributed by atoms with Crippen molar-refractivity contribution in [1.29, 1.82) is 0 Å². The highest BCUT2D eigenvalue weighted by Crippen LogP contribution is 2.20. The Morgan fingerprint density at radius 1 is 1.08 bits per heavy atom.